The average Bonchev–Trinajstić information content (AvgIpc) is 2.72. The SMILES string of the molecule is COc1cccc(CNC(=O)C2CCN(c3ccc(N(C)C)nn3)CC2)c1. The van der Waals surface area contributed by atoms with Gasteiger partial charge in [-0.1, -0.05) is 12.1 Å². The van der Waals surface area contributed by atoms with Gasteiger partial charge in [-0.15, -0.1) is 10.2 Å². The molecule has 144 valence electrons. The van der Waals surface area contributed by atoms with Gasteiger partial charge in [-0.2, -0.15) is 0 Å². The molecule has 0 radical (unpaired) electrons. The molecule has 1 saturated heterocycles. The van der Waals surface area contributed by atoms with Crippen molar-refractivity contribution in [2.75, 3.05) is 44.1 Å². The number of rotatable bonds is 6. The van der Waals surface area contributed by atoms with Crippen LogP contribution in [0.25, 0.3) is 0 Å². The van der Waals surface area contributed by atoms with Crippen LogP contribution < -0.4 is 19.9 Å². The zero-order valence-corrected chi connectivity index (χ0v) is 16.2. The van der Waals surface area contributed by atoms with Gasteiger partial charge >= 0.3 is 0 Å². The van der Waals surface area contributed by atoms with Gasteiger partial charge in [0.15, 0.2) is 11.6 Å². The number of hydrogen-bond acceptors (Lipinski definition) is 6. The van der Waals surface area contributed by atoms with Crippen LogP contribution in [-0.2, 0) is 11.3 Å². The Balaban J connectivity index is 1.48. The maximum absolute atomic E-state index is 12.5. The van der Waals surface area contributed by atoms with E-state index in [9.17, 15) is 4.79 Å². The van der Waals surface area contributed by atoms with Crippen LogP contribution in [0.15, 0.2) is 36.4 Å². The Morgan fingerprint density at radius 3 is 2.63 bits per heavy atom. The molecule has 1 aromatic carbocycles. The molecule has 3 rings (SSSR count). The van der Waals surface area contributed by atoms with E-state index in [0.717, 1.165) is 48.9 Å². The van der Waals surface area contributed by atoms with E-state index in [0.29, 0.717) is 6.54 Å². The third-order valence-electron chi connectivity index (χ3n) is 4.89. The molecule has 1 fully saturated rings. The number of methoxy groups -OCH3 is 1. The van der Waals surface area contributed by atoms with Crippen molar-refractivity contribution in [1.82, 2.24) is 15.5 Å². The summed E-state index contributed by atoms with van der Waals surface area (Å²) in [5.41, 5.74) is 1.04. The van der Waals surface area contributed by atoms with Crippen LogP contribution in [0.2, 0.25) is 0 Å². The lowest BCUT2D eigenvalue weighted by Crippen LogP contribution is -2.40. The summed E-state index contributed by atoms with van der Waals surface area (Å²) in [5.74, 6) is 2.67. The van der Waals surface area contributed by atoms with E-state index in [2.05, 4.69) is 20.4 Å². The summed E-state index contributed by atoms with van der Waals surface area (Å²) in [6.45, 7) is 2.15. The van der Waals surface area contributed by atoms with Gasteiger partial charge in [-0.3, -0.25) is 4.79 Å². The third kappa shape index (κ3) is 4.87. The lowest BCUT2D eigenvalue weighted by atomic mass is 9.96. The van der Waals surface area contributed by atoms with Crippen molar-refractivity contribution in [3.63, 3.8) is 0 Å². The number of aromatic nitrogens is 2. The Morgan fingerprint density at radius 1 is 1.22 bits per heavy atom. The van der Waals surface area contributed by atoms with Gasteiger partial charge in [-0.25, -0.2) is 0 Å². The number of carbonyl (C=O) groups is 1. The number of ether oxygens (including phenoxy) is 1. The summed E-state index contributed by atoms with van der Waals surface area (Å²) in [5, 5.41) is 11.6. The second-order valence-electron chi connectivity index (χ2n) is 6.97. The number of nitrogens with zero attached hydrogens (tertiary/aromatic N) is 4. The molecule has 0 aliphatic carbocycles. The normalized spacial score (nSPS) is 14.7. The van der Waals surface area contributed by atoms with Gasteiger partial charge in [0.2, 0.25) is 5.91 Å². The van der Waals surface area contributed by atoms with E-state index in [1.165, 1.54) is 0 Å². The van der Waals surface area contributed by atoms with E-state index >= 15 is 0 Å². The quantitative estimate of drug-likeness (QED) is 0.841. The van der Waals surface area contributed by atoms with E-state index < -0.39 is 0 Å². The molecule has 27 heavy (non-hydrogen) atoms. The van der Waals surface area contributed by atoms with Gasteiger partial charge in [0, 0.05) is 39.6 Å². The molecular weight excluding hydrogens is 342 g/mol. The zero-order chi connectivity index (χ0) is 19.2. The van der Waals surface area contributed by atoms with Crippen molar-refractivity contribution < 1.29 is 9.53 Å². The van der Waals surface area contributed by atoms with Gasteiger partial charge in [0.1, 0.15) is 5.75 Å². The van der Waals surface area contributed by atoms with Gasteiger partial charge in [-0.05, 0) is 42.7 Å². The summed E-state index contributed by atoms with van der Waals surface area (Å²) in [6.07, 6.45) is 1.64. The number of hydrogen-bond donors (Lipinski definition) is 1. The monoisotopic (exact) mass is 369 g/mol. The number of benzene rings is 1. The summed E-state index contributed by atoms with van der Waals surface area (Å²) < 4.78 is 5.22. The standard InChI is InChI=1S/C20H27N5O2/c1-24(2)18-7-8-19(23-22-18)25-11-9-16(10-12-25)20(26)21-14-15-5-4-6-17(13-15)27-3/h4-8,13,16H,9-12,14H2,1-3H3,(H,21,26). The highest BCUT2D eigenvalue weighted by Crippen LogP contribution is 2.22. The highest BCUT2D eigenvalue weighted by Gasteiger charge is 2.25. The minimum atomic E-state index is 0.0425. The van der Waals surface area contributed by atoms with E-state index in [-0.39, 0.29) is 11.8 Å². The zero-order valence-electron chi connectivity index (χ0n) is 16.2. The van der Waals surface area contributed by atoms with Crippen molar-refractivity contribution in [3.05, 3.63) is 42.0 Å². The van der Waals surface area contributed by atoms with Crippen LogP contribution in [0.1, 0.15) is 18.4 Å². The minimum absolute atomic E-state index is 0.0425. The van der Waals surface area contributed by atoms with Crippen LogP contribution in [-0.4, -0.2) is 50.4 Å². The molecule has 1 amide bonds. The van der Waals surface area contributed by atoms with Crippen molar-refractivity contribution in [2.24, 2.45) is 5.92 Å². The topological polar surface area (TPSA) is 70.6 Å². The summed E-state index contributed by atoms with van der Waals surface area (Å²) in [6, 6.07) is 11.7. The van der Waals surface area contributed by atoms with Gasteiger partial charge < -0.3 is 19.9 Å². The first-order valence-corrected chi connectivity index (χ1v) is 9.23. The number of nitrogens with one attached hydrogen (secondary N) is 1. The maximum Gasteiger partial charge on any atom is 0.223 e. The smallest absolute Gasteiger partial charge is 0.223 e. The van der Waals surface area contributed by atoms with E-state index in [4.69, 9.17) is 4.74 Å². The predicted octanol–water partition coefficient (Wildman–Crippen LogP) is 2.08. The highest BCUT2D eigenvalue weighted by molar-refractivity contribution is 5.79. The van der Waals surface area contributed by atoms with E-state index in [1.807, 2.05) is 55.4 Å². The molecule has 0 saturated carbocycles. The molecule has 0 unspecified atom stereocenters. The largest absolute Gasteiger partial charge is 0.497 e. The summed E-state index contributed by atoms with van der Waals surface area (Å²) in [4.78, 5) is 16.6. The lowest BCUT2D eigenvalue weighted by Gasteiger charge is -2.32. The summed E-state index contributed by atoms with van der Waals surface area (Å²) >= 11 is 0. The molecule has 0 spiro atoms. The van der Waals surface area contributed by atoms with Crippen LogP contribution >= 0.6 is 0 Å². The van der Waals surface area contributed by atoms with Crippen LogP contribution in [0, 0.1) is 5.92 Å². The Labute approximate surface area is 160 Å². The number of amides is 1. The highest BCUT2D eigenvalue weighted by atomic mass is 16.5. The molecule has 2 heterocycles. The molecule has 0 bridgehead atoms. The first-order chi connectivity index (χ1) is 13.1. The second kappa shape index (κ2) is 8.70. The molecule has 0 atom stereocenters. The molecule has 7 nitrogen and oxygen atoms in total. The summed E-state index contributed by atoms with van der Waals surface area (Å²) in [7, 11) is 5.53. The number of carbonyl (C=O) groups excluding carboxylic acids is 1. The predicted molar refractivity (Wildman–Crippen MR) is 106 cm³/mol. The number of anilines is 2. The molecule has 2 aromatic rings. The van der Waals surface area contributed by atoms with Crippen molar-refractivity contribution in [2.45, 2.75) is 19.4 Å². The number of piperidine rings is 1. The van der Waals surface area contributed by atoms with Crippen LogP contribution in [0.4, 0.5) is 11.6 Å². The Bertz CT molecular complexity index is 755. The fourth-order valence-corrected chi connectivity index (χ4v) is 3.21. The Morgan fingerprint density at radius 2 is 2.00 bits per heavy atom. The van der Waals surface area contributed by atoms with Crippen LogP contribution in [0.5, 0.6) is 5.75 Å². The van der Waals surface area contributed by atoms with E-state index in [1.54, 1.807) is 7.11 Å². The Hall–Kier alpha value is -2.83. The van der Waals surface area contributed by atoms with Crippen molar-refractivity contribution >= 4 is 17.5 Å². The van der Waals surface area contributed by atoms with Crippen LogP contribution in [0.3, 0.4) is 0 Å². The maximum atomic E-state index is 12.5. The Kier molecular flexibility index (Phi) is 6.11. The average molecular weight is 369 g/mol. The first kappa shape index (κ1) is 18.9. The molecule has 1 aliphatic rings. The molecule has 1 N–H and O–H groups in total. The van der Waals surface area contributed by atoms with Crippen molar-refractivity contribution in [3.8, 4) is 5.75 Å². The van der Waals surface area contributed by atoms with Gasteiger partial charge in [0.05, 0.1) is 7.11 Å². The lowest BCUT2D eigenvalue weighted by molar-refractivity contribution is -0.125. The molecular formula is C20H27N5O2. The fraction of sp³-hybridized carbons (Fsp3) is 0.450. The minimum Gasteiger partial charge on any atom is -0.497 e. The fourth-order valence-electron chi connectivity index (χ4n) is 3.21. The third-order valence-corrected chi connectivity index (χ3v) is 4.89. The second-order valence-corrected chi connectivity index (χ2v) is 6.97. The molecule has 7 heteroatoms. The van der Waals surface area contributed by atoms with Gasteiger partial charge in [0.25, 0.3) is 0 Å². The molecule has 1 aromatic heterocycles. The first-order valence-electron chi connectivity index (χ1n) is 9.23. The molecule has 1 aliphatic heterocycles. The van der Waals surface area contributed by atoms with Crippen molar-refractivity contribution in [1.29, 1.82) is 0 Å².